The molecule has 2 aliphatic heterocycles. The molecule has 0 spiro atoms. The van der Waals surface area contributed by atoms with Crippen LogP contribution < -0.4 is 24.4 Å². The van der Waals surface area contributed by atoms with E-state index in [-0.39, 0.29) is 19.4 Å². The maximum absolute atomic E-state index is 13.4. The molecule has 4 aromatic carbocycles. The molecule has 32 heavy (non-hydrogen) atoms. The quantitative estimate of drug-likeness (QED) is 0.213. The van der Waals surface area contributed by atoms with Gasteiger partial charge in [-0.15, -0.1) is 0 Å². The number of nitrogens with zero attached hydrogens (tertiary/aromatic N) is 2. The van der Waals surface area contributed by atoms with Crippen LogP contribution in [0, 0.1) is 0 Å². The lowest BCUT2D eigenvalue weighted by atomic mass is 9.33. The Morgan fingerprint density at radius 1 is 0.719 bits per heavy atom. The summed E-state index contributed by atoms with van der Waals surface area (Å²) in [5.41, 5.74) is 8.48. The third kappa shape index (κ3) is 2.93. The lowest BCUT2D eigenvalue weighted by Crippen LogP contribution is -2.62. The van der Waals surface area contributed by atoms with Gasteiger partial charge in [0.25, 0.3) is 6.71 Å². The number of halogens is 1. The molecule has 2 aliphatic rings. The number of hydrogen-bond donors (Lipinski definition) is 0. The van der Waals surface area contributed by atoms with Crippen molar-refractivity contribution >= 4 is 74.8 Å². The molecule has 0 aromatic heterocycles. The molecule has 4 aromatic rings. The summed E-state index contributed by atoms with van der Waals surface area (Å²) in [7, 11) is 0. The van der Waals surface area contributed by atoms with E-state index in [1.165, 1.54) is 11.2 Å². The van der Waals surface area contributed by atoms with Crippen molar-refractivity contribution in [2.24, 2.45) is 0 Å². The second-order valence-electron chi connectivity index (χ2n) is 7.92. The van der Waals surface area contributed by atoms with Crippen molar-refractivity contribution in [3.05, 3.63) is 103 Å². The molecule has 0 radical (unpaired) electrons. The van der Waals surface area contributed by atoms with Gasteiger partial charge in [-0.25, -0.2) is 9.69 Å². The van der Waals surface area contributed by atoms with E-state index < -0.39 is 0 Å². The lowest BCUT2D eigenvalue weighted by Gasteiger charge is -2.40. The largest absolute Gasteiger partial charge is 0.444 e. The van der Waals surface area contributed by atoms with Crippen molar-refractivity contribution < 1.29 is 9.53 Å². The molecule has 1 amide bonds. The van der Waals surface area contributed by atoms with Crippen molar-refractivity contribution in [2.75, 3.05) is 8.01 Å². The molecule has 0 aliphatic carbocycles. The van der Waals surface area contributed by atoms with Crippen molar-refractivity contribution in [3.63, 3.8) is 0 Å². The summed E-state index contributed by atoms with van der Waals surface area (Å²) >= 11 is 2.35. The summed E-state index contributed by atoms with van der Waals surface area (Å²) in [6.07, 6.45) is -0.369. The third-order valence-electron chi connectivity index (χ3n) is 6.14. The van der Waals surface area contributed by atoms with E-state index in [0.717, 1.165) is 33.6 Å². The van der Waals surface area contributed by atoms with Gasteiger partial charge in [0.05, 0.1) is 22.9 Å². The molecule has 0 fully saturated rings. The first-order valence-corrected chi connectivity index (χ1v) is 11.5. The van der Waals surface area contributed by atoms with Crippen LogP contribution in [0.1, 0.15) is 5.56 Å². The van der Waals surface area contributed by atoms with Crippen LogP contribution in [0.15, 0.2) is 97.1 Å². The minimum absolute atomic E-state index is 0.0674. The second kappa shape index (κ2) is 7.71. The van der Waals surface area contributed by atoms with Gasteiger partial charge in [0.1, 0.15) is 6.61 Å². The number of para-hydroxylation sites is 2. The van der Waals surface area contributed by atoms with Gasteiger partial charge in [-0.3, -0.25) is 3.11 Å². The highest BCUT2D eigenvalue weighted by molar-refractivity contribution is 14.1. The van der Waals surface area contributed by atoms with E-state index in [9.17, 15) is 4.79 Å². The number of fused-ring (bicyclic) bond motifs is 4. The van der Waals surface area contributed by atoms with E-state index in [1.807, 2.05) is 60.7 Å². The van der Waals surface area contributed by atoms with Gasteiger partial charge in [0.15, 0.2) is 0 Å². The van der Waals surface area contributed by atoms with E-state index in [2.05, 4.69) is 62.4 Å². The number of hydrogen-bond acceptors (Lipinski definition) is 3. The zero-order valence-corrected chi connectivity index (χ0v) is 19.3. The molecule has 0 saturated heterocycles. The predicted octanol–water partition coefficient (Wildman–Crippen LogP) is 4.79. The van der Waals surface area contributed by atoms with Crippen LogP contribution in [0.4, 0.5) is 27.5 Å². The number of amides is 1. The Balaban J connectivity index is 1.50. The summed E-state index contributed by atoms with van der Waals surface area (Å²) in [6, 6.07) is 32.6. The molecule has 2 heterocycles. The summed E-state index contributed by atoms with van der Waals surface area (Å²) in [6.45, 7) is 0.302. The minimum atomic E-state index is -0.369. The van der Waals surface area contributed by atoms with E-state index >= 15 is 0 Å². The average Bonchev–Trinajstić information content (AvgIpc) is 2.85. The Kier molecular flexibility index (Phi) is 4.68. The highest BCUT2D eigenvalue weighted by Gasteiger charge is 2.43. The number of carbonyl (C=O) groups excluding carboxylic acids is 1. The maximum atomic E-state index is 13.4. The summed E-state index contributed by atoms with van der Waals surface area (Å²) in [5, 5.41) is 0. The molecule has 0 unspecified atom stereocenters. The normalized spacial score (nSPS) is 13.2. The van der Waals surface area contributed by atoms with Gasteiger partial charge in [-0.05, 0) is 46.2 Å². The highest BCUT2D eigenvalue weighted by atomic mass is 127. The summed E-state index contributed by atoms with van der Waals surface area (Å²) in [5.74, 6) is 0. The number of rotatable bonds is 2. The van der Waals surface area contributed by atoms with Crippen LogP contribution in [-0.4, -0.2) is 12.8 Å². The topological polar surface area (TPSA) is 32.8 Å². The van der Waals surface area contributed by atoms with Gasteiger partial charge in [0, 0.05) is 22.7 Å². The molecule has 154 valence electrons. The van der Waals surface area contributed by atoms with Crippen molar-refractivity contribution in [1.29, 1.82) is 0 Å². The van der Waals surface area contributed by atoms with E-state index in [4.69, 9.17) is 4.74 Å². The van der Waals surface area contributed by atoms with Crippen molar-refractivity contribution in [3.8, 4) is 0 Å². The van der Waals surface area contributed by atoms with Crippen LogP contribution in [0.3, 0.4) is 0 Å². The van der Waals surface area contributed by atoms with Crippen molar-refractivity contribution in [2.45, 2.75) is 6.61 Å². The molecule has 6 rings (SSSR count). The smallest absolute Gasteiger partial charge is 0.419 e. The van der Waals surface area contributed by atoms with Gasteiger partial charge in [0.2, 0.25) is 0 Å². The fraction of sp³-hybridized carbons (Fsp3) is 0.0385. The SMILES string of the molecule is O=C(OCc1ccccc1)N1c2ccccc2B2c3ccccc3N(I)c3cccc1c32. The number of ether oxygens (including phenoxy) is 1. The number of carbonyl (C=O) groups is 1. The molecule has 0 atom stereocenters. The summed E-state index contributed by atoms with van der Waals surface area (Å²) < 4.78 is 7.96. The Morgan fingerprint density at radius 3 is 2.09 bits per heavy atom. The third-order valence-corrected chi connectivity index (χ3v) is 7.18. The lowest BCUT2D eigenvalue weighted by molar-refractivity contribution is 0.150. The van der Waals surface area contributed by atoms with E-state index in [0.29, 0.717) is 0 Å². The zero-order valence-electron chi connectivity index (χ0n) is 17.1. The highest BCUT2D eigenvalue weighted by Crippen LogP contribution is 2.38. The Labute approximate surface area is 201 Å². The molecule has 0 saturated carbocycles. The summed E-state index contributed by atoms with van der Waals surface area (Å²) in [4.78, 5) is 15.2. The molecule has 6 heteroatoms. The molecule has 0 N–H and O–H groups in total. The fourth-order valence-electron chi connectivity index (χ4n) is 4.77. The monoisotopic (exact) mass is 528 g/mol. The van der Waals surface area contributed by atoms with Gasteiger partial charge >= 0.3 is 6.09 Å². The van der Waals surface area contributed by atoms with Gasteiger partial charge < -0.3 is 4.74 Å². The minimum Gasteiger partial charge on any atom is -0.444 e. The molecular formula is C26H18BIN2O2. The van der Waals surface area contributed by atoms with Crippen molar-refractivity contribution in [1.82, 2.24) is 0 Å². The standard InChI is InChI=1S/C26H18BIN2O2/c28-30-22-14-7-5-12-20(22)27-19-11-4-6-13-21(19)29(23-15-8-16-24(30)25(23)27)26(31)32-17-18-9-2-1-3-10-18/h1-16H,17H2. The fourth-order valence-corrected chi connectivity index (χ4v) is 5.63. The zero-order chi connectivity index (χ0) is 21.7. The average molecular weight is 528 g/mol. The van der Waals surface area contributed by atoms with E-state index in [1.54, 1.807) is 4.90 Å². The van der Waals surface area contributed by atoms with Crippen LogP contribution in [0.2, 0.25) is 0 Å². The van der Waals surface area contributed by atoms with Crippen LogP contribution >= 0.6 is 22.9 Å². The Bertz CT molecular complexity index is 1340. The number of benzene rings is 4. The first-order valence-electron chi connectivity index (χ1n) is 10.5. The number of anilines is 4. The molecular weight excluding hydrogens is 510 g/mol. The van der Waals surface area contributed by atoms with Crippen LogP contribution in [0.5, 0.6) is 0 Å². The van der Waals surface area contributed by atoms with Crippen LogP contribution in [-0.2, 0) is 11.3 Å². The molecule has 4 nitrogen and oxygen atoms in total. The Hall–Kier alpha value is -3.26. The maximum Gasteiger partial charge on any atom is 0.419 e. The predicted molar refractivity (Wildman–Crippen MR) is 139 cm³/mol. The van der Waals surface area contributed by atoms with Crippen LogP contribution in [0.25, 0.3) is 0 Å². The second-order valence-corrected chi connectivity index (χ2v) is 8.88. The molecule has 0 bridgehead atoms. The Morgan fingerprint density at radius 2 is 1.31 bits per heavy atom. The first-order chi connectivity index (χ1) is 15.7. The first kappa shape index (κ1) is 19.4. The van der Waals surface area contributed by atoms with Gasteiger partial charge in [-0.1, -0.05) is 72.8 Å². The van der Waals surface area contributed by atoms with Gasteiger partial charge in [-0.2, -0.15) is 0 Å².